The van der Waals surface area contributed by atoms with Gasteiger partial charge in [0.2, 0.25) is 15.9 Å². The van der Waals surface area contributed by atoms with Crippen LogP contribution in [0, 0.1) is 5.82 Å². The highest BCUT2D eigenvalue weighted by atomic mass is 32.2. The molecule has 8 heteroatoms. The smallest absolute Gasteiger partial charge is 0.240 e. The van der Waals surface area contributed by atoms with Crippen molar-refractivity contribution in [2.45, 2.75) is 6.42 Å². The highest BCUT2D eigenvalue weighted by Gasteiger charge is 2.21. The van der Waals surface area contributed by atoms with Crippen molar-refractivity contribution in [1.82, 2.24) is 5.32 Å². The van der Waals surface area contributed by atoms with E-state index in [1.54, 1.807) is 7.11 Å². The summed E-state index contributed by atoms with van der Waals surface area (Å²) in [6, 6.07) is 12.5. The summed E-state index contributed by atoms with van der Waals surface area (Å²) in [5, 5.41) is 2.68. The number of rotatable bonds is 8. The van der Waals surface area contributed by atoms with E-state index in [0.717, 1.165) is 27.9 Å². The van der Waals surface area contributed by atoms with Crippen LogP contribution in [0.5, 0.6) is 5.75 Å². The van der Waals surface area contributed by atoms with Gasteiger partial charge in [-0.05, 0) is 42.3 Å². The second-order valence-corrected chi connectivity index (χ2v) is 7.60. The van der Waals surface area contributed by atoms with Gasteiger partial charge in [0, 0.05) is 6.54 Å². The van der Waals surface area contributed by atoms with E-state index in [2.05, 4.69) is 5.32 Å². The minimum Gasteiger partial charge on any atom is -0.497 e. The van der Waals surface area contributed by atoms with Gasteiger partial charge in [0.05, 0.1) is 19.1 Å². The number of amides is 1. The van der Waals surface area contributed by atoms with E-state index in [1.165, 1.54) is 18.2 Å². The van der Waals surface area contributed by atoms with Crippen LogP contribution in [0.3, 0.4) is 0 Å². The number of hydrogen-bond acceptors (Lipinski definition) is 4. The Bertz CT molecular complexity index is 854. The fourth-order valence-electron chi connectivity index (χ4n) is 2.36. The predicted octanol–water partition coefficient (Wildman–Crippen LogP) is 1.96. The van der Waals surface area contributed by atoms with Crippen molar-refractivity contribution in [3.8, 4) is 5.75 Å². The second-order valence-electron chi connectivity index (χ2n) is 5.70. The summed E-state index contributed by atoms with van der Waals surface area (Å²) in [7, 11) is -2.14. The zero-order chi connectivity index (χ0) is 19.2. The van der Waals surface area contributed by atoms with Crippen LogP contribution in [0.1, 0.15) is 5.56 Å². The highest BCUT2D eigenvalue weighted by Crippen LogP contribution is 2.18. The number of sulfonamides is 1. The number of methoxy groups -OCH3 is 1. The lowest BCUT2D eigenvalue weighted by atomic mass is 10.1. The number of carbonyl (C=O) groups excluding carboxylic acids is 1. The molecule has 0 atom stereocenters. The predicted molar refractivity (Wildman–Crippen MR) is 98.3 cm³/mol. The average Bonchev–Trinajstić information content (AvgIpc) is 2.59. The van der Waals surface area contributed by atoms with E-state index in [9.17, 15) is 17.6 Å². The number of benzene rings is 2. The molecular formula is C18H21FN2O4S. The van der Waals surface area contributed by atoms with Crippen molar-refractivity contribution in [3.05, 3.63) is 59.9 Å². The Morgan fingerprint density at radius 1 is 1.19 bits per heavy atom. The number of carbonyl (C=O) groups is 1. The molecule has 0 fully saturated rings. The molecule has 2 aromatic carbocycles. The summed E-state index contributed by atoms with van der Waals surface area (Å²) < 4.78 is 43.2. The van der Waals surface area contributed by atoms with Crippen molar-refractivity contribution in [1.29, 1.82) is 0 Å². The molecule has 0 aliphatic rings. The maximum absolute atomic E-state index is 13.4. The fourth-order valence-corrected chi connectivity index (χ4v) is 3.20. The summed E-state index contributed by atoms with van der Waals surface area (Å²) in [5.74, 6) is -0.291. The van der Waals surface area contributed by atoms with E-state index >= 15 is 0 Å². The second kappa shape index (κ2) is 8.66. The lowest BCUT2D eigenvalue weighted by molar-refractivity contribution is -0.119. The van der Waals surface area contributed by atoms with Crippen LogP contribution >= 0.6 is 0 Å². The quantitative estimate of drug-likeness (QED) is 0.760. The third-order valence-electron chi connectivity index (χ3n) is 3.68. The SMILES string of the molecule is COc1ccc(CCNC(=O)CN(c2cccc(F)c2)S(C)(=O)=O)cc1. The van der Waals surface area contributed by atoms with Gasteiger partial charge in [-0.1, -0.05) is 18.2 Å². The van der Waals surface area contributed by atoms with Crippen LogP contribution in [0.2, 0.25) is 0 Å². The van der Waals surface area contributed by atoms with Crippen molar-refractivity contribution in [2.75, 3.05) is 30.8 Å². The van der Waals surface area contributed by atoms with Crippen LogP contribution in [0.4, 0.5) is 10.1 Å². The number of halogens is 1. The molecular weight excluding hydrogens is 359 g/mol. The van der Waals surface area contributed by atoms with Gasteiger partial charge in [0.25, 0.3) is 0 Å². The molecule has 0 bridgehead atoms. The molecule has 2 rings (SSSR count). The molecule has 0 radical (unpaired) electrons. The lowest BCUT2D eigenvalue weighted by Gasteiger charge is -2.21. The summed E-state index contributed by atoms with van der Waals surface area (Å²) in [6.07, 6.45) is 1.57. The molecule has 0 heterocycles. The van der Waals surface area contributed by atoms with Crippen LogP contribution in [0.15, 0.2) is 48.5 Å². The minimum atomic E-state index is -3.72. The Hall–Kier alpha value is -2.61. The van der Waals surface area contributed by atoms with Crippen LogP contribution in [-0.2, 0) is 21.2 Å². The maximum atomic E-state index is 13.4. The van der Waals surface area contributed by atoms with E-state index in [0.29, 0.717) is 13.0 Å². The molecule has 0 unspecified atom stereocenters. The van der Waals surface area contributed by atoms with Crippen molar-refractivity contribution in [3.63, 3.8) is 0 Å². The van der Waals surface area contributed by atoms with Gasteiger partial charge in [-0.25, -0.2) is 12.8 Å². The zero-order valence-electron chi connectivity index (χ0n) is 14.6. The third-order valence-corrected chi connectivity index (χ3v) is 4.82. The molecule has 2 aromatic rings. The molecule has 0 saturated carbocycles. The van der Waals surface area contributed by atoms with Crippen LogP contribution in [-0.4, -0.2) is 40.8 Å². The Morgan fingerprint density at radius 3 is 2.46 bits per heavy atom. The molecule has 1 amide bonds. The Balaban J connectivity index is 1.95. The summed E-state index contributed by atoms with van der Waals surface area (Å²) in [4.78, 5) is 12.1. The number of nitrogens with one attached hydrogen (secondary N) is 1. The van der Waals surface area contributed by atoms with Gasteiger partial charge in [0.15, 0.2) is 0 Å². The largest absolute Gasteiger partial charge is 0.497 e. The van der Waals surface area contributed by atoms with Gasteiger partial charge in [-0.15, -0.1) is 0 Å². The van der Waals surface area contributed by atoms with Crippen molar-refractivity contribution >= 4 is 21.6 Å². The summed E-state index contributed by atoms with van der Waals surface area (Å²) in [5.41, 5.74) is 1.12. The molecule has 0 aliphatic heterocycles. The normalized spacial score (nSPS) is 11.0. The van der Waals surface area contributed by atoms with Crippen LogP contribution < -0.4 is 14.4 Å². The Kier molecular flexibility index (Phi) is 6.57. The Morgan fingerprint density at radius 2 is 1.88 bits per heavy atom. The molecule has 0 spiro atoms. The fraction of sp³-hybridized carbons (Fsp3) is 0.278. The molecule has 1 N–H and O–H groups in total. The zero-order valence-corrected chi connectivity index (χ0v) is 15.4. The number of nitrogens with zero attached hydrogens (tertiary/aromatic N) is 1. The third kappa shape index (κ3) is 5.73. The molecule has 140 valence electrons. The number of hydrogen-bond donors (Lipinski definition) is 1. The molecule has 26 heavy (non-hydrogen) atoms. The Labute approximate surface area is 152 Å². The highest BCUT2D eigenvalue weighted by molar-refractivity contribution is 7.92. The first-order valence-corrected chi connectivity index (χ1v) is 9.77. The molecule has 0 aliphatic carbocycles. The monoisotopic (exact) mass is 380 g/mol. The van der Waals surface area contributed by atoms with E-state index < -0.39 is 28.3 Å². The lowest BCUT2D eigenvalue weighted by Crippen LogP contribution is -2.41. The van der Waals surface area contributed by atoms with Gasteiger partial charge >= 0.3 is 0 Å². The maximum Gasteiger partial charge on any atom is 0.240 e. The minimum absolute atomic E-state index is 0.109. The van der Waals surface area contributed by atoms with Crippen molar-refractivity contribution in [2.24, 2.45) is 0 Å². The molecule has 6 nitrogen and oxygen atoms in total. The average molecular weight is 380 g/mol. The number of ether oxygens (including phenoxy) is 1. The first-order chi connectivity index (χ1) is 12.3. The van der Waals surface area contributed by atoms with Crippen LogP contribution in [0.25, 0.3) is 0 Å². The van der Waals surface area contributed by atoms with Crippen molar-refractivity contribution < 1.29 is 22.3 Å². The summed E-state index contributed by atoms with van der Waals surface area (Å²) in [6.45, 7) is -0.0587. The first-order valence-electron chi connectivity index (χ1n) is 7.92. The number of anilines is 1. The van der Waals surface area contributed by atoms with Gasteiger partial charge < -0.3 is 10.1 Å². The van der Waals surface area contributed by atoms with E-state index in [4.69, 9.17) is 4.74 Å². The van der Waals surface area contributed by atoms with Gasteiger partial charge in [-0.3, -0.25) is 9.10 Å². The van der Waals surface area contributed by atoms with E-state index in [-0.39, 0.29) is 5.69 Å². The first kappa shape index (κ1) is 19.7. The summed E-state index contributed by atoms with van der Waals surface area (Å²) >= 11 is 0. The molecule has 0 saturated heterocycles. The molecule has 0 aromatic heterocycles. The van der Waals surface area contributed by atoms with Gasteiger partial charge in [-0.2, -0.15) is 0 Å². The standard InChI is InChI=1S/C18H21FN2O4S/c1-25-17-8-6-14(7-9-17)10-11-20-18(22)13-21(26(2,23)24)16-5-3-4-15(19)12-16/h3-9,12H,10-11,13H2,1-2H3,(H,20,22). The topological polar surface area (TPSA) is 75.7 Å². The van der Waals surface area contributed by atoms with E-state index in [1.807, 2.05) is 24.3 Å². The van der Waals surface area contributed by atoms with Gasteiger partial charge in [0.1, 0.15) is 18.1 Å².